The molecule has 0 aromatic heterocycles. The lowest BCUT2D eigenvalue weighted by molar-refractivity contribution is 0.305. The van der Waals surface area contributed by atoms with Gasteiger partial charge in [-0.2, -0.15) is 0 Å². The molecule has 0 amide bonds. The van der Waals surface area contributed by atoms with E-state index in [-0.39, 0.29) is 12.4 Å². The van der Waals surface area contributed by atoms with Gasteiger partial charge in [-0.25, -0.2) is 4.39 Å². The number of halogens is 1. The van der Waals surface area contributed by atoms with Crippen LogP contribution in [0.1, 0.15) is 30.0 Å². The maximum absolute atomic E-state index is 13.7. The molecule has 0 fully saturated rings. The molecule has 3 heteroatoms. The van der Waals surface area contributed by atoms with Gasteiger partial charge in [0.25, 0.3) is 0 Å². The number of hydrogen-bond acceptors (Lipinski definition) is 2. The van der Waals surface area contributed by atoms with Crippen LogP contribution >= 0.6 is 0 Å². The van der Waals surface area contributed by atoms with Gasteiger partial charge in [0, 0.05) is 23.6 Å². The first-order valence-electron chi connectivity index (χ1n) is 8.08. The first kappa shape index (κ1) is 14.9. The van der Waals surface area contributed by atoms with Crippen molar-refractivity contribution in [1.29, 1.82) is 0 Å². The minimum atomic E-state index is -0.249. The number of nitrogens with one attached hydrogen (secondary N) is 1. The zero-order valence-electron chi connectivity index (χ0n) is 13.4. The van der Waals surface area contributed by atoms with Crippen LogP contribution in [-0.4, -0.2) is 11.7 Å². The van der Waals surface area contributed by atoms with Crippen LogP contribution in [-0.2, 0) is 0 Å². The second-order valence-electron chi connectivity index (χ2n) is 6.10. The van der Waals surface area contributed by atoms with Gasteiger partial charge in [-0.15, -0.1) is 0 Å². The summed E-state index contributed by atoms with van der Waals surface area (Å²) in [6.45, 7) is 2.10. The highest BCUT2D eigenvalue weighted by molar-refractivity contribution is 6.02. The zero-order valence-corrected chi connectivity index (χ0v) is 13.4. The molecule has 1 heterocycles. The van der Waals surface area contributed by atoms with Crippen molar-refractivity contribution in [3.05, 3.63) is 82.3 Å². The molecule has 2 N–H and O–H groups in total. The molecule has 2 aromatic rings. The number of fused-ring (bicyclic) bond motifs is 2. The monoisotopic (exact) mass is 319 g/mol. The number of benzene rings is 2. The van der Waals surface area contributed by atoms with E-state index >= 15 is 0 Å². The Hall–Kier alpha value is -2.65. The number of anilines is 1. The van der Waals surface area contributed by atoms with Crippen molar-refractivity contribution >= 4 is 22.9 Å². The Morgan fingerprint density at radius 1 is 1.04 bits per heavy atom. The summed E-state index contributed by atoms with van der Waals surface area (Å²) in [4.78, 5) is 0. The van der Waals surface area contributed by atoms with Crippen molar-refractivity contribution in [3.63, 3.8) is 0 Å². The normalized spacial score (nSPS) is 18.5. The topological polar surface area (TPSA) is 32.3 Å². The van der Waals surface area contributed by atoms with E-state index in [1.54, 1.807) is 6.07 Å². The third kappa shape index (κ3) is 2.29. The maximum Gasteiger partial charge on any atom is 0.123 e. The summed E-state index contributed by atoms with van der Waals surface area (Å²) in [5.41, 5.74) is 8.32. The highest BCUT2D eigenvalue weighted by Gasteiger charge is 2.26. The summed E-state index contributed by atoms with van der Waals surface area (Å²) in [6.07, 6.45) is 4.68. The first-order valence-corrected chi connectivity index (χ1v) is 8.08. The summed E-state index contributed by atoms with van der Waals surface area (Å²) in [5, 5.41) is 12.9. The predicted octanol–water partition coefficient (Wildman–Crippen LogP) is 4.85. The van der Waals surface area contributed by atoms with Crippen molar-refractivity contribution in [2.45, 2.75) is 13.3 Å². The van der Waals surface area contributed by atoms with Crippen molar-refractivity contribution in [2.24, 2.45) is 0 Å². The molecule has 1 aliphatic heterocycles. The van der Waals surface area contributed by atoms with E-state index < -0.39 is 0 Å². The fraction of sp³-hybridized carbons (Fsp3) is 0.143. The Kier molecular flexibility index (Phi) is 3.58. The van der Waals surface area contributed by atoms with E-state index in [0.717, 1.165) is 44.8 Å². The molecule has 0 spiro atoms. The molecule has 24 heavy (non-hydrogen) atoms. The third-order valence-corrected chi connectivity index (χ3v) is 4.69. The fourth-order valence-electron chi connectivity index (χ4n) is 3.58. The van der Waals surface area contributed by atoms with Crippen LogP contribution in [0.15, 0.2) is 59.8 Å². The minimum Gasteiger partial charge on any atom is -0.396 e. The van der Waals surface area contributed by atoms with Gasteiger partial charge in [-0.1, -0.05) is 30.3 Å². The quantitative estimate of drug-likeness (QED) is 0.830. The van der Waals surface area contributed by atoms with Crippen LogP contribution in [0.3, 0.4) is 0 Å². The molecule has 0 saturated heterocycles. The second-order valence-corrected chi connectivity index (χ2v) is 6.10. The van der Waals surface area contributed by atoms with Gasteiger partial charge in [0.2, 0.25) is 0 Å². The van der Waals surface area contributed by atoms with E-state index in [2.05, 4.69) is 23.5 Å². The third-order valence-electron chi connectivity index (χ3n) is 4.69. The van der Waals surface area contributed by atoms with Crippen LogP contribution < -0.4 is 5.32 Å². The lowest BCUT2D eigenvalue weighted by atomic mass is 9.98. The van der Waals surface area contributed by atoms with Crippen molar-refractivity contribution in [1.82, 2.24) is 0 Å². The standard InChI is InChI=1S/C21H18FNO/c1-13-16(10-11-24)18-12-15(22)7-8-17(18)21(13)20-9-6-14-4-2-3-5-19(14)23-20/h2-9,12,23-24H,10-11H2,1H3/b21-20-. The molecule has 4 rings (SSSR count). The van der Waals surface area contributed by atoms with Crippen molar-refractivity contribution < 1.29 is 9.50 Å². The second kappa shape index (κ2) is 5.77. The van der Waals surface area contributed by atoms with Crippen LogP contribution in [0.2, 0.25) is 0 Å². The molecular weight excluding hydrogens is 301 g/mol. The van der Waals surface area contributed by atoms with Crippen LogP contribution in [0, 0.1) is 5.82 Å². The van der Waals surface area contributed by atoms with E-state index in [0.29, 0.717) is 6.42 Å². The van der Waals surface area contributed by atoms with Crippen LogP contribution in [0.25, 0.3) is 17.2 Å². The van der Waals surface area contributed by atoms with Gasteiger partial charge in [0.05, 0.1) is 0 Å². The summed E-state index contributed by atoms with van der Waals surface area (Å²) < 4.78 is 13.7. The Labute approximate surface area is 140 Å². The van der Waals surface area contributed by atoms with Gasteiger partial charge in [0.1, 0.15) is 5.82 Å². The number of hydrogen-bond donors (Lipinski definition) is 2. The average molecular weight is 319 g/mol. The Morgan fingerprint density at radius 2 is 1.88 bits per heavy atom. The summed E-state index contributed by atoms with van der Waals surface area (Å²) in [6, 6.07) is 13.0. The number of aliphatic hydroxyl groups is 1. The summed E-state index contributed by atoms with van der Waals surface area (Å²) in [5.74, 6) is -0.249. The fourth-order valence-corrected chi connectivity index (χ4v) is 3.58. The maximum atomic E-state index is 13.7. The van der Waals surface area contributed by atoms with Gasteiger partial charge in [-0.05, 0) is 65.5 Å². The zero-order chi connectivity index (χ0) is 16.7. The molecule has 0 radical (unpaired) electrons. The molecule has 0 unspecified atom stereocenters. The Bertz CT molecular complexity index is 921. The largest absolute Gasteiger partial charge is 0.396 e. The molecule has 120 valence electrons. The first-order chi connectivity index (χ1) is 11.7. The molecule has 2 aromatic carbocycles. The van der Waals surface area contributed by atoms with E-state index in [1.165, 1.54) is 6.07 Å². The van der Waals surface area contributed by atoms with Gasteiger partial charge >= 0.3 is 0 Å². The number of para-hydroxylation sites is 1. The number of allylic oxidation sites excluding steroid dienone is 3. The van der Waals surface area contributed by atoms with Gasteiger partial charge in [0.15, 0.2) is 0 Å². The minimum absolute atomic E-state index is 0.0529. The van der Waals surface area contributed by atoms with Crippen LogP contribution in [0.5, 0.6) is 0 Å². The average Bonchev–Trinajstić information content (AvgIpc) is 2.86. The molecule has 0 atom stereocenters. The van der Waals surface area contributed by atoms with Gasteiger partial charge < -0.3 is 10.4 Å². The number of rotatable bonds is 2. The highest BCUT2D eigenvalue weighted by atomic mass is 19.1. The highest BCUT2D eigenvalue weighted by Crippen LogP contribution is 2.45. The Morgan fingerprint density at radius 3 is 2.71 bits per heavy atom. The molecule has 0 saturated carbocycles. The molecule has 2 aliphatic rings. The van der Waals surface area contributed by atoms with Gasteiger partial charge in [-0.3, -0.25) is 0 Å². The lowest BCUT2D eigenvalue weighted by Crippen LogP contribution is -2.06. The molecule has 0 bridgehead atoms. The summed E-state index contributed by atoms with van der Waals surface area (Å²) >= 11 is 0. The summed E-state index contributed by atoms with van der Waals surface area (Å²) in [7, 11) is 0. The SMILES string of the molecule is CC1=C(CCO)c2cc(F)ccc2/C1=C1/C=Cc2ccccc2N1. The smallest absolute Gasteiger partial charge is 0.123 e. The van der Waals surface area contributed by atoms with Crippen molar-refractivity contribution in [3.8, 4) is 0 Å². The van der Waals surface area contributed by atoms with E-state index in [9.17, 15) is 9.50 Å². The molecular formula is C21H18FNO. The lowest BCUT2D eigenvalue weighted by Gasteiger charge is -2.19. The van der Waals surface area contributed by atoms with Crippen LogP contribution in [0.4, 0.5) is 10.1 Å². The van der Waals surface area contributed by atoms with E-state index in [4.69, 9.17) is 0 Å². The van der Waals surface area contributed by atoms with E-state index in [1.807, 2.05) is 31.2 Å². The molecule has 2 nitrogen and oxygen atoms in total. The Balaban J connectivity index is 1.90. The van der Waals surface area contributed by atoms with Crippen molar-refractivity contribution in [2.75, 3.05) is 11.9 Å². The predicted molar refractivity (Wildman–Crippen MR) is 96.7 cm³/mol. The molecule has 1 aliphatic carbocycles. The number of aliphatic hydroxyl groups excluding tert-OH is 1.